The first-order chi connectivity index (χ1) is 14.7. The van der Waals surface area contributed by atoms with E-state index in [-0.39, 0.29) is 27.7 Å². The number of hydrogen-bond acceptors (Lipinski definition) is 5. The second-order valence-electron chi connectivity index (χ2n) is 6.41. The van der Waals surface area contributed by atoms with E-state index in [1.807, 2.05) is 0 Å². The van der Waals surface area contributed by atoms with Gasteiger partial charge in [0.15, 0.2) is 5.69 Å². The predicted octanol–water partition coefficient (Wildman–Crippen LogP) is 3.46. The van der Waals surface area contributed by atoms with Crippen LogP contribution in [0.1, 0.15) is 28.5 Å². The molecular weight excluding hydrogens is 436 g/mol. The molecule has 8 nitrogen and oxygen atoms in total. The molecule has 31 heavy (non-hydrogen) atoms. The molecule has 0 bridgehead atoms. The first-order valence-electron chi connectivity index (χ1n) is 8.80. The smallest absolute Gasteiger partial charge is 0.305 e. The Morgan fingerprint density at radius 2 is 1.94 bits per heavy atom. The van der Waals surface area contributed by atoms with E-state index in [1.54, 1.807) is 0 Å². The minimum absolute atomic E-state index is 0.0643. The van der Waals surface area contributed by atoms with Crippen LogP contribution in [0.2, 0.25) is 5.02 Å². The molecular formula is C20H16ClF2N3O5. The van der Waals surface area contributed by atoms with E-state index < -0.39 is 41.9 Å². The summed E-state index contributed by atoms with van der Waals surface area (Å²) >= 11 is 5.73. The van der Waals surface area contributed by atoms with Gasteiger partial charge in [-0.1, -0.05) is 17.7 Å². The Morgan fingerprint density at radius 1 is 1.19 bits per heavy atom. The standard InChI is InChI=1S/C20H16ClF2N3O5/c1-31-11-3-4-12(15(23)7-11)16(9-19(28)29)24-20(30)17-8-18(27)26(25-17)10-2-5-14(22)13(21)6-10/h2-8,16,27H,9H2,1H3,(H,24,30)(H,28,29). The lowest BCUT2D eigenvalue weighted by Gasteiger charge is -2.18. The highest BCUT2D eigenvalue weighted by molar-refractivity contribution is 6.30. The average molecular weight is 452 g/mol. The number of aliphatic carboxylic acids is 1. The van der Waals surface area contributed by atoms with Gasteiger partial charge in [-0.3, -0.25) is 9.59 Å². The number of halogens is 3. The van der Waals surface area contributed by atoms with Gasteiger partial charge < -0.3 is 20.3 Å². The summed E-state index contributed by atoms with van der Waals surface area (Å²) < 4.78 is 33.6. The van der Waals surface area contributed by atoms with Crippen LogP contribution in [0.25, 0.3) is 5.69 Å². The number of rotatable bonds is 7. The number of aromatic nitrogens is 2. The number of nitrogens with zero attached hydrogens (tertiary/aromatic N) is 2. The topological polar surface area (TPSA) is 114 Å². The lowest BCUT2D eigenvalue weighted by molar-refractivity contribution is -0.137. The molecule has 0 saturated carbocycles. The van der Waals surface area contributed by atoms with Crippen molar-refractivity contribution in [2.75, 3.05) is 7.11 Å². The van der Waals surface area contributed by atoms with E-state index in [0.717, 1.165) is 22.9 Å². The number of aromatic hydroxyl groups is 1. The Hall–Kier alpha value is -3.66. The molecule has 1 aromatic heterocycles. The van der Waals surface area contributed by atoms with Crippen LogP contribution >= 0.6 is 11.6 Å². The van der Waals surface area contributed by atoms with Crippen LogP contribution in [0.5, 0.6) is 11.6 Å². The van der Waals surface area contributed by atoms with Gasteiger partial charge in [0, 0.05) is 17.7 Å². The third-order valence-electron chi connectivity index (χ3n) is 4.34. The molecule has 3 rings (SSSR count). The molecule has 162 valence electrons. The highest BCUT2D eigenvalue weighted by Gasteiger charge is 2.24. The molecule has 0 aliphatic heterocycles. The minimum atomic E-state index is -1.27. The summed E-state index contributed by atoms with van der Waals surface area (Å²) in [7, 11) is 1.35. The molecule has 0 radical (unpaired) electrons. The maximum atomic E-state index is 14.4. The molecule has 1 unspecified atom stereocenters. The van der Waals surface area contributed by atoms with E-state index in [9.17, 15) is 23.5 Å². The quantitative estimate of drug-likeness (QED) is 0.507. The number of amides is 1. The van der Waals surface area contributed by atoms with Gasteiger partial charge in [-0.15, -0.1) is 0 Å². The average Bonchev–Trinajstić information content (AvgIpc) is 3.11. The number of ether oxygens (including phenoxy) is 1. The van der Waals surface area contributed by atoms with Crippen LogP contribution in [0.15, 0.2) is 42.5 Å². The molecule has 0 fully saturated rings. The van der Waals surface area contributed by atoms with Crippen molar-refractivity contribution in [3.63, 3.8) is 0 Å². The lowest BCUT2D eigenvalue weighted by atomic mass is 10.0. The summed E-state index contributed by atoms with van der Waals surface area (Å²) in [5, 5.41) is 25.4. The zero-order valence-corrected chi connectivity index (χ0v) is 16.7. The van der Waals surface area contributed by atoms with Crippen molar-refractivity contribution in [3.05, 3.63) is 70.4 Å². The van der Waals surface area contributed by atoms with Crippen molar-refractivity contribution in [1.29, 1.82) is 0 Å². The Bertz CT molecular complexity index is 1150. The number of carbonyl (C=O) groups excluding carboxylic acids is 1. The third-order valence-corrected chi connectivity index (χ3v) is 4.63. The first-order valence-corrected chi connectivity index (χ1v) is 9.18. The molecule has 0 aliphatic rings. The van der Waals surface area contributed by atoms with Crippen LogP contribution in [0.4, 0.5) is 8.78 Å². The highest BCUT2D eigenvalue weighted by atomic mass is 35.5. The van der Waals surface area contributed by atoms with Crippen molar-refractivity contribution in [1.82, 2.24) is 15.1 Å². The Kier molecular flexibility index (Phi) is 6.40. The van der Waals surface area contributed by atoms with Gasteiger partial charge in [-0.2, -0.15) is 5.10 Å². The third kappa shape index (κ3) is 4.92. The molecule has 11 heteroatoms. The van der Waals surface area contributed by atoms with Gasteiger partial charge in [-0.25, -0.2) is 13.5 Å². The van der Waals surface area contributed by atoms with E-state index in [4.69, 9.17) is 21.4 Å². The number of carboxylic acid groups (broad SMARTS) is 1. The summed E-state index contributed by atoms with van der Waals surface area (Å²) in [5.74, 6) is -3.78. The number of carboxylic acids is 1. The van der Waals surface area contributed by atoms with Crippen molar-refractivity contribution < 1.29 is 33.3 Å². The van der Waals surface area contributed by atoms with Gasteiger partial charge in [0.2, 0.25) is 5.88 Å². The van der Waals surface area contributed by atoms with E-state index >= 15 is 0 Å². The summed E-state index contributed by atoms with van der Waals surface area (Å²) in [6.45, 7) is 0. The summed E-state index contributed by atoms with van der Waals surface area (Å²) in [4.78, 5) is 23.9. The normalized spacial score (nSPS) is 11.7. The van der Waals surface area contributed by atoms with Gasteiger partial charge >= 0.3 is 5.97 Å². The molecule has 1 amide bonds. The Labute approximate surface area is 179 Å². The molecule has 0 spiro atoms. The number of benzene rings is 2. The Balaban J connectivity index is 1.88. The van der Waals surface area contributed by atoms with Crippen LogP contribution in [-0.2, 0) is 4.79 Å². The second-order valence-corrected chi connectivity index (χ2v) is 6.82. The van der Waals surface area contributed by atoms with Gasteiger partial charge in [0.05, 0.1) is 30.3 Å². The van der Waals surface area contributed by atoms with Crippen molar-refractivity contribution in [3.8, 4) is 17.3 Å². The fourth-order valence-electron chi connectivity index (χ4n) is 2.85. The summed E-state index contributed by atoms with van der Waals surface area (Å²) in [5.41, 5.74) is -0.154. The largest absolute Gasteiger partial charge is 0.497 e. The van der Waals surface area contributed by atoms with Crippen molar-refractivity contribution in [2.45, 2.75) is 12.5 Å². The zero-order valence-electron chi connectivity index (χ0n) is 16.0. The molecule has 3 N–H and O–H groups in total. The van der Waals surface area contributed by atoms with E-state index in [1.165, 1.54) is 31.4 Å². The molecule has 1 heterocycles. The molecule has 0 saturated heterocycles. The van der Waals surface area contributed by atoms with Crippen LogP contribution < -0.4 is 10.1 Å². The number of nitrogens with one attached hydrogen (secondary N) is 1. The minimum Gasteiger partial charge on any atom is -0.497 e. The number of carbonyl (C=O) groups is 2. The maximum absolute atomic E-state index is 14.4. The zero-order chi connectivity index (χ0) is 22.7. The SMILES string of the molecule is COc1ccc(C(CC(=O)O)NC(=O)c2cc(O)n(-c3ccc(F)c(Cl)c3)n2)c(F)c1. The predicted molar refractivity (Wildman–Crippen MR) is 106 cm³/mol. The molecule has 1 atom stereocenters. The van der Waals surface area contributed by atoms with E-state index in [2.05, 4.69) is 10.4 Å². The van der Waals surface area contributed by atoms with Crippen LogP contribution in [0.3, 0.4) is 0 Å². The summed E-state index contributed by atoms with van der Waals surface area (Å²) in [6.07, 6.45) is -0.602. The van der Waals surface area contributed by atoms with Crippen LogP contribution in [-0.4, -0.2) is 39.0 Å². The van der Waals surface area contributed by atoms with Crippen molar-refractivity contribution >= 4 is 23.5 Å². The number of methoxy groups -OCH3 is 1. The molecule has 0 aliphatic carbocycles. The summed E-state index contributed by atoms with van der Waals surface area (Å²) in [6, 6.07) is 7.15. The second kappa shape index (κ2) is 9.00. The van der Waals surface area contributed by atoms with Crippen molar-refractivity contribution in [2.24, 2.45) is 0 Å². The Morgan fingerprint density at radius 3 is 2.55 bits per heavy atom. The monoisotopic (exact) mass is 451 g/mol. The molecule has 2 aromatic carbocycles. The fourth-order valence-corrected chi connectivity index (χ4v) is 3.03. The van der Waals surface area contributed by atoms with Gasteiger partial charge in [0.25, 0.3) is 5.91 Å². The lowest BCUT2D eigenvalue weighted by Crippen LogP contribution is -2.31. The first kappa shape index (κ1) is 22.0. The van der Waals surface area contributed by atoms with E-state index in [0.29, 0.717) is 0 Å². The highest BCUT2D eigenvalue weighted by Crippen LogP contribution is 2.26. The number of hydrogen-bond donors (Lipinski definition) is 3. The molecule has 3 aromatic rings. The van der Waals surface area contributed by atoms with Gasteiger partial charge in [0.1, 0.15) is 17.4 Å². The van der Waals surface area contributed by atoms with Crippen LogP contribution in [0, 0.1) is 11.6 Å². The fraction of sp³-hybridized carbons (Fsp3) is 0.150. The van der Waals surface area contributed by atoms with Gasteiger partial charge in [-0.05, 0) is 24.3 Å². The maximum Gasteiger partial charge on any atom is 0.305 e.